The number of aromatic hydroxyl groups is 3. The number of azo groups is 3. The summed E-state index contributed by atoms with van der Waals surface area (Å²) in [5.74, 6) is -3.31. The standard InChI is InChI=1S/C31H23N7O8S.Na/c32-47(45,46)22-10-13-27(40)25(16-22)37-36-24-11-14-28(41)29(30(24)42)38-34-20-7-3-18(4-8-20)17-1-5-19(6-2-17)33-35-21-9-12-26(39)23(15-21)31(43)44;/h1-16,39-42H,(H,43,44)(H2,32,45,46);/q;+1/p-1. The molecule has 5 rings (SSSR count). The number of hydrogen-bond acceptors (Lipinski definition) is 13. The van der Waals surface area contributed by atoms with E-state index in [0.29, 0.717) is 11.4 Å². The van der Waals surface area contributed by atoms with Crippen molar-refractivity contribution in [1.29, 1.82) is 0 Å². The van der Waals surface area contributed by atoms with Gasteiger partial charge in [0.15, 0.2) is 11.4 Å². The van der Waals surface area contributed by atoms with Crippen molar-refractivity contribution in [3.63, 3.8) is 0 Å². The Kier molecular flexibility index (Phi) is 11.0. The second-order valence-corrected chi connectivity index (χ2v) is 11.2. The van der Waals surface area contributed by atoms with Gasteiger partial charge in [0, 0.05) is 0 Å². The minimum absolute atomic E-state index is 0. The number of carboxylic acids is 1. The predicted molar refractivity (Wildman–Crippen MR) is 167 cm³/mol. The number of carbonyl (C=O) groups is 1. The van der Waals surface area contributed by atoms with E-state index in [9.17, 15) is 33.6 Å². The maximum absolute atomic E-state index is 11.6. The number of nitrogens with zero attached hydrogens (tertiary/aromatic N) is 6. The third-order valence-electron chi connectivity index (χ3n) is 6.46. The number of hydrogen-bond donors (Lipinski definition) is 5. The minimum Gasteiger partial charge on any atom is -0.872 e. The van der Waals surface area contributed by atoms with Crippen LogP contribution < -0.4 is 39.8 Å². The Hall–Kier alpha value is -5.52. The van der Waals surface area contributed by atoms with Crippen molar-refractivity contribution in [1.82, 2.24) is 0 Å². The van der Waals surface area contributed by atoms with Crippen LogP contribution in [0, 0.1) is 0 Å². The van der Waals surface area contributed by atoms with Crippen LogP contribution in [-0.4, -0.2) is 34.8 Å². The van der Waals surface area contributed by atoms with Crippen molar-refractivity contribution in [3.05, 3.63) is 103 Å². The summed E-state index contributed by atoms with van der Waals surface area (Å²) < 4.78 is 23.2. The molecule has 0 unspecified atom stereocenters. The molecule has 0 spiro atoms. The predicted octanol–water partition coefficient (Wildman–Crippen LogP) is 4.14. The number of aromatic carboxylic acids is 1. The van der Waals surface area contributed by atoms with Crippen molar-refractivity contribution in [2.75, 3.05) is 0 Å². The number of sulfonamides is 1. The van der Waals surface area contributed by atoms with Crippen LogP contribution in [0.5, 0.6) is 23.0 Å². The molecule has 0 amide bonds. The van der Waals surface area contributed by atoms with E-state index in [1.807, 2.05) is 0 Å². The van der Waals surface area contributed by atoms with Gasteiger partial charge in [-0.3, -0.25) is 0 Å². The van der Waals surface area contributed by atoms with Gasteiger partial charge in [0.25, 0.3) is 0 Å². The molecule has 17 heteroatoms. The van der Waals surface area contributed by atoms with Crippen molar-refractivity contribution >= 4 is 50.1 Å². The molecule has 0 fully saturated rings. The first-order chi connectivity index (χ1) is 22.4. The van der Waals surface area contributed by atoms with E-state index >= 15 is 0 Å². The molecule has 0 heterocycles. The maximum Gasteiger partial charge on any atom is 1.00 e. The summed E-state index contributed by atoms with van der Waals surface area (Å²) in [5, 5.41) is 80.4. The fourth-order valence-electron chi connectivity index (χ4n) is 4.02. The second kappa shape index (κ2) is 14.9. The van der Waals surface area contributed by atoms with Crippen LogP contribution in [0.25, 0.3) is 11.1 Å². The van der Waals surface area contributed by atoms with Gasteiger partial charge in [-0.25, -0.2) is 18.4 Å². The number of nitrogens with two attached hydrogens (primary N) is 1. The van der Waals surface area contributed by atoms with Crippen LogP contribution in [0.1, 0.15) is 10.4 Å². The average molecular weight is 676 g/mol. The molecule has 0 saturated carbocycles. The molecule has 236 valence electrons. The molecule has 0 radical (unpaired) electrons. The number of benzene rings is 5. The van der Waals surface area contributed by atoms with Gasteiger partial charge in [-0.15, -0.1) is 15.3 Å². The normalized spacial score (nSPS) is 11.7. The Morgan fingerprint density at radius 3 is 1.73 bits per heavy atom. The van der Waals surface area contributed by atoms with E-state index in [2.05, 4.69) is 30.7 Å². The summed E-state index contributed by atoms with van der Waals surface area (Å²) >= 11 is 0. The monoisotopic (exact) mass is 675 g/mol. The SMILES string of the molecule is NS(=O)(=O)c1ccc(O)c(N=Nc2ccc(O)c(N=Nc3ccc(-c4ccc(N=Nc5ccc([O-])c(C(=O)O)c5)cc4)cc3)c2O)c1.[Na+]. The van der Waals surface area contributed by atoms with Crippen molar-refractivity contribution in [3.8, 4) is 34.1 Å². The van der Waals surface area contributed by atoms with Gasteiger partial charge in [0.05, 0.1) is 27.5 Å². The molecule has 0 aromatic heterocycles. The Morgan fingerprint density at radius 1 is 0.625 bits per heavy atom. The van der Waals surface area contributed by atoms with Crippen molar-refractivity contribution in [2.24, 2.45) is 35.8 Å². The summed E-state index contributed by atoms with van der Waals surface area (Å²) in [4.78, 5) is 10.8. The van der Waals surface area contributed by atoms with Crippen molar-refractivity contribution in [2.45, 2.75) is 4.90 Å². The molecule has 15 nitrogen and oxygen atoms in total. The minimum atomic E-state index is -4.07. The smallest absolute Gasteiger partial charge is 0.872 e. The van der Waals surface area contributed by atoms with Crippen LogP contribution in [0.4, 0.5) is 34.1 Å². The van der Waals surface area contributed by atoms with E-state index in [-0.39, 0.29) is 63.0 Å². The molecular weight excluding hydrogens is 653 g/mol. The Bertz CT molecular complexity index is 2190. The zero-order valence-corrected chi connectivity index (χ0v) is 27.6. The Labute approximate surface area is 294 Å². The van der Waals surface area contributed by atoms with E-state index in [4.69, 9.17) is 10.2 Å². The van der Waals surface area contributed by atoms with Crippen LogP contribution >= 0.6 is 0 Å². The van der Waals surface area contributed by atoms with E-state index in [1.54, 1.807) is 48.5 Å². The Morgan fingerprint density at radius 2 is 1.15 bits per heavy atom. The molecule has 6 N–H and O–H groups in total. The van der Waals surface area contributed by atoms with Crippen LogP contribution in [-0.2, 0) is 10.0 Å². The Balaban J connectivity index is 0.00000520. The van der Waals surface area contributed by atoms with Gasteiger partial charge in [0.1, 0.15) is 22.9 Å². The van der Waals surface area contributed by atoms with Gasteiger partial charge in [0.2, 0.25) is 10.0 Å². The first-order valence-corrected chi connectivity index (χ1v) is 14.8. The van der Waals surface area contributed by atoms with Crippen LogP contribution in [0.15, 0.2) is 133 Å². The van der Waals surface area contributed by atoms with Gasteiger partial charge < -0.3 is 25.5 Å². The van der Waals surface area contributed by atoms with Gasteiger partial charge >= 0.3 is 35.5 Å². The molecule has 0 aliphatic heterocycles. The molecule has 0 bridgehead atoms. The quantitative estimate of drug-likeness (QED) is 0.112. The second-order valence-electron chi connectivity index (χ2n) is 9.68. The zero-order chi connectivity index (χ0) is 33.7. The topological polar surface area (TPSA) is 255 Å². The van der Waals surface area contributed by atoms with Crippen LogP contribution in [0.3, 0.4) is 0 Å². The zero-order valence-electron chi connectivity index (χ0n) is 24.8. The third kappa shape index (κ3) is 8.44. The molecule has 0 aliphatic rings. The molecule has 0 saturated heterocycles. The van der Waals surface area contributed by atoms with Gasteiger partial charge in [-0.05, 0) is 77.9 Å². The number of carboxylic acid groups (broad SMARTS) is 1. The molecule has 5 aromatic carbocycles. The van der Waals surface area contributed by atoms with E-state index < -0.39 is 38.8 Å². The molecular formula is C31H22N7NaO8S. The fourth-order valence-corrected chi connectivity index (χ4v) is 4.55. The molecule has 5 aromatic rings. The third-order valence-corrected chi connectivity index (χ3v) is 7.37. The summed E-state index contributed by atoms with van der Waals surface area (Å²) in [6.07, 6.45) is 0. The fraction of sp³-hybridized carbons (Fsp3) is 0. The first-order valence-electron chi connectivity index (χ1n) is 13.3. The number of rotatable bonds is 9. The number of phenolic OH excluding ortho intramolecular Hbond substituents is 3. The van der Waals surface area contributed by atoms with E-state index in [1.165, 1.54) is 18.2 Å². The molecule has 0 atom stereocenters. The summed E-state index contributed by atoms with van der Waals surface area (Å²) in [6.45, 7) is 0. The first kappa shape index (κ1) is 35.3. The maximum atomic E-state index is 11.6. The number of phenols is 3. The average Bonchev–Trinajstić information content (AvgIpc) is 3.04. The molecule has 48 heavy (non-hydrogen) atoms. The van der Waals surface area contributed by atoms with Crippen molar-refractivity contribution < 1.29 is 68.3 Å². The van der Waals surface area contributed by atoms with E-state index in [0.717, 1.165) is 41.5 Å². The van der Waals surface area contributed by atoms with Crippen LogP contribution in [0.2, 0.25) is 0 Å². The molecule has 0 aliphatic carbocycles. The number of primary sulfonamides is 1. The summed E-state index contributed by atoms with van der Waals surface area (Å²) in [6, 6.07) is 23.1. The van der Waals surface area contributed by atoms with Gasteiger partial charge in [-0.2, -0.15) is 15.3 Å². The summed E-state index contributed by atoms with van der Waals surface area (Å²) in [7, 11) is -4.07. The van der Waals surface area contributed by atoms with Gasteiger partial charge in [-0.1, -0.05) is 36.1 Å². The summed E-state index contributed by atoms with van der Waals surface area (Å²) in [5.41, 5.74) is 1.70. The largest absolute Gasteiger partial charge is 1.00 e.